The van der Waals surface area contributed by atoms with E-state index >= 15 is 0 Å². The van der Waals surface area contributed by atoms with Gasteiger partial charge in [-0.3, -0.25) is 10.1 Å². The van der Waals surface area contributed by atoms with Crippen LogP contribution in [0.25, 0.3) is 16.5 Å². The second kappa shape index (κ2) is 13.2. The molecule has 0 aliphatic carbocycles. The zero-order valence-corrected chi connectivity index (χ0v) is 26.3. The number of benzene rings is 3. The molecular formula is C35H38N6O4. The number of amides is 3. The first-order chi connectivity index (χ1) is 21.5. The summed E-state index contributed by atoms with van der Waals surface area (Å²) >= 11 is 0. The second-order valence-corrected chi connectivity index (χ2v) is 11.9. The molecular weight excluding hydrogens is 568 g/mol. The SMILES string of the molecule is COCC(=O)Nc1cc(OC(C)c2ccc(NC(=O)Nc3cc(C(C)(C)C)nn3-c3ccc(C)cc3)c3ccccc23)ccn1. The summed E-state index contributed by atoms with van der Waals surface area (Å²) in [4.78, 5) is 29.5. The van der Waals surface area contributed by atoms with Crippen molar-refractivity contribution in [2.45, 2.75) is 46.1 Å². The third-order valence-electron chi connectivity index (χ3n) is 7.23. The molecule has 0 aliphatic heterocycles. The fourth-order valence-electron chi connectivity index (χ4n) is 4.91. The predicted molar refractivity (Wildman–Crippen MR) is 177 cm³/mol. The van der Waals surface area contributed by atoms with Gasteiger partial charge in [-0.15, -0.1) is 0 Å². The molecule has 3 amide bonds. The maximum Gasteiger partial charge on any atom is 0.324 e. The highest BCUT2D eigenvalue weighted by Gasteiger charge is 2.22. The van der Waals surface area contributed by atoms with Crippen molar-refractivity contribution in [3.8, 4) is 11.4 Å². The third kappa shape index (κ3) is 7.47. The van der Waals surface area contributed by atoms with Crippen LogP contribution in [-0.4, -0.2) is 40.4 Å². The first-order valence-corrected chi connectivity index (χ1v) is 14.7. The van der Waals surface area contributed by atoms with Gasteiger partial charge in [-0.05, 0) is 43.5 Å². The zero-order valence-electron chi connectivity index (χ0n) is 26.3. The zero-order chi connectivity index (χ0) is 32.1. The number of carbonyl (C=O) groups is 2. The van der Waals surface area contributed by atoms with E-state index in [1.807, 2.05) is 80.6 Å². The Balaban J connectivity index is 1.37. The number of nitrogens with zero attached hydrogens (tertiary/aromatic N) is 3. The summed E-state index contributed by atoms with van der Waals surface area (Å²) in [5, 5.41) is 15.3. The quantitative estimate of drug-likeness (QED) is 0.161. The van der Waals surface area contributed by atoms with Crippen molar-refractivity contribution in [1.29, 1.82) is 0 Å². The Morgan fingerprint density at radius 3 is 2.36 bits per heavy atom. The Labute approximate surface area is 262 Å². The number of anilines is 3. The number of ether oxygens (including phenoxy) is 2. The second-order valence-electron chi connectivity index (χ2n) is 11.9. The molecule has 10 nitrogen and oxygen atoms in total. The number of fused-ring (bicyclic) bond motifs is 1. The number of urea groups is 1. The highest BCUT2D eigenvalue weighted by atomic mass is 16.5. The summed E-state index contributed by atoms with van der Waals surface area (Å²) < 4.78 is 12.9. The van der Waals surface area contributed by atoms with E-state index in [4.69, 9.17) is 14.6 Å². The Kier molecular flexibility index (Phi) is 9.15. The molecule has 5 rings (SSSR count). The Bertz CT molecular complexity index is 1820. The maximum absolute atomic E-state index is 13.4. The van der Waals surface area contributed by atoms with Crippen LogP contribution < -0.4 is 20.7 Å². The number of aryl methyl sites for hydroxylation is 1. The molecule has 45 heavy (non-hydrogen) atoms. The third-order valence-corrected chi connectivity index (χ3v) is 7.23. The van der Waals surface area contributed by atoms with Gasteiger partial charge in [-0.1, -0.05) is 68.8 Å². The van der Waals surface area contributed by atoms with Crippen LogP contribution in [0.15, 0.2) is 85.1 Å². The summed E-state index contributed by atoms with van der Waals surface area (Å²) in [7, 11) is 1.45. The lowest BCUT2D eigenvalue weighted by atomic mass is 9.92. The van der Waals surface area contributed by atoms with Crippen molar-refractivity contribution in [3.05, 3.63) is 102 Å². The minimum absolute atomic E-state index is 0.0676. The average Bonchev–Trinajstić information content (AvgIpc) is 3.42. The molecule has 0 bridgehead atoms. The number of aromatic nitrogens is 3. The largest absolute Gasteiger partial charge is 0.486 e. The smallest absolute Gasteiger partial charge is 0.324 e. The highest BCUT2D eigenvalue weighted by Crippen LogP contribution is 2.33. The summed E-state index contributed by atoms with van der Waals surface area (Å²) in [5.41, 5.74) is 4.24. The first-order valence-electron chi connectivity index (χ1n) is 14.7. The van der Waals surface area contributed by atoms with Crippen LogP contribution in [0, 0.1) is 6.92 Å². The molecule has 232 valence electrons. The van der Waals surface area contributed by atoms with E-state index in [-0.39, 0.29) is 30.1 Å². The summed E-state index contributed by atoms with van der Waals surface area (Å²) in [6.45, 7) is 10.2. The number of carbonyl (C=O) groups excluding carboxylic acids is 2. The van der Waals surface area contributed by atoms with Crippen molar-refractivity contribution in [3.63, 3.8) is 0 Å². The molecule has 0 spiro atoms. The Hall–Kier alpha value is -5.22. The van der Waals surface area contributed by atoms with Crippen LogP contribution in [0.1, 0.15) is 50.6 Å². The fourth-order valence-corrected chi connectivity index (χ4v) is 4.91. The minimum atomic E-state index is -0.384. The summed E-state index contributed by atoms with van der Waals surface area (Å²) in [6, 6.07) is 24.6. The molecule has 0 saturated carbocycles. The molecule has 0 fully saturated rings. The molecule has 3 N–H and O–H groups in total. The van der Waals surface area contributed by atoms with Crippen LogP contribution in [-0.2, 0) is 14.9 Å². The monoisotopic (exact) mass is 606 g/mol. The lowest BCUT2D eigenvalue weighted by Crippen LogP contribution is -2.21. The number of pyridine rings is 1. The van der Waals surface area contributed by atoms with E-state index in [1.54, 1.807) is 23.0 Å². The van der Waals surface area contributed by atoms with Crippen LogP contribution in [0.3, 0.4) is 0 Å². The molecule has 1 unspecified atom stereocenters. The van der Waals surface area contributed by atoms with Gasteiger partial charge in [0.1, 0.15) is 30.1 Å². The summed E-state index contributed by atoms with van der Waals surface area (Å²) in [6.07, 6.45) is 1.23. The molecule has 2 aromatic heterocycles. The minimum Gasteiger partial charge on any atom is -0.486 e. The first kappa shape index (κ1) is 31.2. The molecule has 1 atom stereocenters. The number of hydrogen-bond donors (Lipinski definition) is 3. The van der Waals surface area contributed by atoms with Crippen molar-refractivity contribution in [2.75, 3.05) is 29.7 Å². The number of methoxy groups -OCH3 is 1. The Morgan fingerprint density at radius 2 is 1.64 bits per heavy atom. The van der Waals surface area contributed by atoms with Gasteiger partial charge in [-0.2, -0.15) is 5.10 Å². The van der Waals surface area contributed by atoms with Gasteiger partial charge in [0.25, 0.3) is 5.91 Å². The van der Waals surface area contributed by atoms with E-state index in [1.165, 1.54) is 7.11 Å². The van der Waals surface area contributed by atoms with Gasteiger partial charge in [0, 0.05) is 41.8 Å². The van der Waals surface area contributed by atoms with Gasteiger partial charge in [0.15, 0.2) is 0 Å². The topological polar surface area (TPSA) is 119 Å². The van der Waals surface area contributed by atoms with Crippen LogP contribution in [0.4, 0.5) is 22.1 Å². The normalized spacial score (nSPS) is 12.0. The van der Waals surface area contributed by atoms with Crippen molar-refractivity contribution in [2.24, 2.45) is 0 Å². The van der Waals surface area contributed by atoms with E-state index < -0.39 is 0 Å². The maximum atomic E-state index is 13.4. The van der Waals surface area contributed by atoms with Crippen LogP contribution in [0.5, 0.6) is 5.75 Å². The molecule has 0 radical (unpaired) electrons. The summed E-state index contributed by atoms with van der Waals surface area (Å²) in [5.74, 6) is 1.19. The Morgan fingerprint density at radius 1 is 0.911 bits per heavy atom. The molecule has 0 aliphatic rings. The van der Waals surface area contributed by atoms with Crippen molar-refractivity contribution < 1.29 is 19.1 Å². The predicted octanol–water partition coefficient (Wildman–Crippen LogP) is 7.40. The van der Waals surface area contributed by atoms with Gasteiger partial charge in [0.05, 0.1) is 17.1 Å². The molecule has 0 saturated heterocycles. The number of nitrogens with one attached hydrogen (secondary N) is 3. The highest BCUT2D eigenvalue weighted by molar-refractivity contribution is 6.06. The van der Waals surface area contributed by atoms with Crippen LogP contribution >= 0.6 is 0 Å². The van der Waals surface area contributed by atoms with Gasteiger partial charge in [0.2, 0.25) is 0 Å². The fraction of sp³-hybridized carbons (Fsp3) is 0.257. The lowest BCUT2D eigenvalue weighted by Gasteiger charge is -2.19. The molecule has 2 heterocycles. The van der Waals surface area contributed by atoms with E-state index in [9.17, 15) is 9.59 Å². The van der Waals surface area contributed by atoms with E-state index in [0.29, 0.717) is 23.1 Å². The van der Waals surface area contributed by atoms with Crippen LogP contribution in [0.2, 0.25) is 0 Å². The molecule has 5 aromatic rings. The molecule has 10 heteroatoms. The molecule has 3 aromatic carbocycles. The van der Waals surface area contributed by atoms with Crippen molar-refractivity contribution >= 4 is 40.0 Å². The van der Waals surface area contributed by atoms with Gasteiger partial charge >= 0.3 is 6.03 Å². The van der Waals surface area contributed by atoms with Crippen molar-refractivity contribution in [1.82, 2.24) is 14.8 Å². The standard InChI is InChI=1S/C35H38N6O4/c1-22-11-13-24(14-12-22)41-32(20-30(40-41)35(3,4)5)39-34(43)37-29-16-15-26(27-9-7-8-10-28(27)29)23(2)45-25-17-18-36-31(19-25)38-33(42)21-44-6/h7-20,23H,21H2,1-6H3,(H,36,38,42)(H2,37,39,43). The van der Waals surface area contributed by atoms with Gasteiger partial charge < -0.3 is 20.1 Å². The number of hydrogen-bond acceptors (Lipinski definition) is 6. The van der Waals surface area contributed by atoms with E-state index in [0.717, 1.165) is 33.3 Å². The van der Waals surface area contributed by atoms with E-state index in [2.05, 4.69) is 41.7 Å². The average molecular weight is 607 g/mol. The lowest BCUT2D eigenvalue weighted by molar-refractivity contribution is -0.119. The van der Waals surface area contributed by atoms with Gasteiger partial charge in [-0.25, -0.2) is 14.5 Å². The number of rotatable bonds is 9.